The zero-order chi connectivity index (χ0) is 13.2. The molecule has 1 heterocycles. The average molecular weight is 270 g/mol. The van der Waals surface area contributed by atoms with E-state index in [0.717, 1.165) is 11.3 Å². The summed E-state index contributed by atoms with van der Waals surface area (Å²) in [7, 11) is 0. The van der Waals surface area contributed by atoms with E-state index in [1.165, 1.54) is 41.5 Å². The maximum Gasteiger partial charge on any atom is 0.177 e. The summed E-state index contributed by atoms with van der Waals surface area (Å²) in [6.45, 7) is 2.11. The van der Waals surface area contributed by atoms with Crippen LogP contribution in [-0.2, 0) is 25.7 Å². The SMILES string of the molecule is CCc1ccsc1C(=O)Cc1ccc2c(c1)CCC2. The van der Waals surface area contributed by atoms with Crippen LogP contribution in [0.5, 0.6) is 0 Å². The highest BCUT2D eigenvalue weighted by Gasteiger charge is 2.15. The van der Waals surface area contributed by atoms with Crippen molar-refractivity contribution in [3.05, 3.63) is 56.8 Å². The molecule has 0 unspecified atom stereocenters. The van der Waals surface area contributed by atoms with Crippen LogP contribution in [0, 0.1) is 0 Å². The number of carbonyl (C=O) groups is 1. The number of carbonyl (C=O) groups excluding carboxylic acids is 1. The lowest BCUT2D eigenvalue weighted by molar-refractivity contribution is 0.0996. The Bertz CT molecular complexity index is 609. The smallest absolute Gasteiger partial charge is 0.177 e. The Kier molecular flexibility index (Phi) is 3.52. The van der Waals surface area contributed by atoms with Gasteiger partial charge in [-0.15, -0.1) is 11.3 Å². The molecule has 0 fully saturated rings. The highest BCUT2D eigenvalue weighted by molar-refractivity contribution is 7.12. The van der Waals surface area contributed by atoms with E-state index < -0.39 is 0 Å². The van der Waals surface area contributed by atoms with E-state index in [1.807, 2.05) is 5.38 Å². The van der Waals surface area contributed by atoms with Gasteiger partial charge in [-0.25, -0.2) is 0 Å². The van der Waals surface area contributed by atoms with Crippen LogP contribution in [0.15, 0.2) is 29.6 Å². The van der Waals surface area contributed by atoms with Crippen molar-refractivity contribution in [1.82, 2.24) is 0 Å². The lowest BCUT2D eigenvalue weighted by Crippen LogP contribution is -2.04. The summed E-state index contributed by atoms with van der Waals surface area (Å²) in [5, 5.41) is 2.02. The molecule has 0 atom stereocenters. The Balaban J connectivity index is 1.80. The van der Waals surface area contributed by atoms with Crippen molar-refractivity contribution < 1.29 is 4.79 Å². The van der Waals surface area contributed by atoms with Gasteiger partial charge in [0.1, 0.15) is 0 Å². The number of hydrogen-bond donors (Lipinski definition) is 0. The van der Waals surface area contributed by atoms with Crippen LogP contribution >= 0.6 is 11.3 Å². The molecule has 0 radical (unpaired) electrons. The largest absolute Gasteiger partial charge is 0.293 e. The van der Waals surface area contributed by atoms with Crippen molar-refractivity contribution in [1.29, 1.82) is 0 Å². The number of aryl methyl sites for hydroxylation is 3. The first-order valence-electron chi connectivity index (χ1n) is 6.98. The first kappa shape index (κ1) is 12.6. The summed E-state index contributed by atoms with van der Waals surface area (Å²) in [5.41, 5.74) is 5.28. The Labute approximate surface area is 118 Å². The van der Waals surface area contributed by atoms with Crippen molar-refractivity contribution in [2.75, 3.05) is 0 Å². The van der Waals surface area contributed by atoms with Crippen LogP contribution in [-0.4, -0.2) is 5.78 Å². The normalized spacial score (nSPS) is 13.5. The fourth-order valence-electron chi connectivity index (χ4n) is 2.86. The monoisotopic (exact) mass is 270 g/mol. The molecule has 2 aromatic rings. The maximum absolute atomic E-state index is 12.4. The van der Waals surface area contributed by atoms with Crippen LogP contribution in [0.4, 0.5) is 0 Å². The van der Waals surface area contributed by atoms with E-state index >= 15 is 0 Å². The Morgan fingerprint density at radius 3 is 2.89 bits per heavy atom. The molecular formula is C17H18OS. The van der Waals surface area contributed by atoms with Gasteiger partial charge < -0.3 is 0 Å². The van der Waals surface area contributed by atoms with Crippen molar-refractivity contribution >= 4 is 17.1 Å². The molecule has 1 aromatic carbocycles. The molecule has 0 amide bonds. The Hall–Kier alpha value is -1.41. The van der Waals surface area contributed by atoms with Gasteiger partial charge in [-0.2, -0.15) is 0 Å². The van der Waals surface area contributed by atoms with E-state index in [1.54, 1.807) is 11.3 Å². The lowest BCUT2D eigenvalue weighted by atomic mass is 10.0. The average Bonchev–Trinajstić information content (AvgIpc) is 3.06. The van der Waals surface area contributed by atoms with Gasteiger partial charge in [0, 0.05) is 6.42 Å². The summed E-state index contributed by atoms with van der Waals surface area (Å²) in [5.74, 6) is 0.268. The summed E-state index contributed by atoms with van der Waals surface area (Å²) in [6, 6.07) is 8.64. The quantitative estimate of drug-likeness (QED) is 0.760. The summed E-state index contributed by atoms with van der Waals surface area (Å²) in [4.78, 5) is 13.3. The molecule has 0 saturated carbocycles. The van der Waals surface area contributed by atoms with Crippen LogP contribution in [0.25, 0.3) is 0 Å². The van der Waals surface area contributed by atoms with Gasteiger partial charge in [-0.1, -0.05) is 25.1 Å². The predicted octanol–water partition coefficient (Wildman–Crippen LogP) is 4.22. The maximum atomic E-state index is 12.4. The second-order valence-corrected chi connectivity index (χ2v) is 6.10. The first-order valence-corrected chi connectivity index (χ1v) is 7.86. The highest BCUT2D eigenvalue weighted by Crippen LogP contribution is 2.24. The van der Waals surface area contributed by atoms with Crippen molar-refractivity contribution in [2.45, 2.75) is 39.0 Å². The molecule has 1 aromatic heterocycles. The van der Waals surface area contributed by atoms with Crippen molar-refractivity contribution in [2.24, 2.45) is 0 Å². The molecule has 1 nitrogen and oxygen atoms in total. The Morgan fingerprint density at radius 1 is 1.21 bits per heavy atom. The van der Waals surface area contributed by atoms with Gasteiger partial charge in [0.25, 0.3) is 0 Å². The van der Waals surface area contributed by atoms with Crippen molar-refractivity contribution in [3.63, 3.8) is 0 Å². The lowest BCUT2D eigenvalue weighted by Gasteiger charge is -2.05. The minimum Gasteiger partial charge on any atom is -0.293 e. The number of benzene rings is 1. The minimum atomic E-state index is 0.268. The number of ketones is 1. The third kappa shape index (κ3) is 2.50. The predicted molar refractivity (Wildman–Crippen MR) is 80.2 cm³/mol. The van der Waals surface area contributed by atoms with Crippen LogP contribution in [0.2, 0.25) is 0 Å². The molecular weight excluding hydrogens is 252 g/mol. The molecule has 0 aliphatic heterocycles. The molecule has 0 N–H and O–H groups in total. The molecule has 19 heavy (non-hydrogen) atoms. The van der Waals surface area contributed by atoms with Crippen LogP contribution < -0.4 is 0 Å². The minimum absolute atomic E-state index is 0.268. The number of thiophene rings is 1. The molecule has 98 valence electrons. The Morgan fingerprint density at radius 2 is 2.05 bits per heavy atom. The summed E-state index contributed by atoms with van der Waals surface area (Å²) >= 11 is 1.58. The van der Waals surface area contributed by atoms with Gasteiger partial charge >= 0.3 is 0 Å². The molecule has 0 spiro atoms. The van der Waals surface area contributed by atoms with Gasteiger partial charge in [0.15, 0.2) is 5.78 Å². The summed E-state index contributed by atoms with van der Waals surface area (Å²) in [6.07, 6.45) is 5.12. The number of hydrogen-bond acceptors (Lipinski definition) is 2. The molecule has 1 aliphatic carbocycles. The first-order chi connectivity index (χ1) is 9.28. The van der Waals surface area contributed by atoms with E-state index in [0.29, 0.717) is 6.42 Å². The number of rotatable bonds is 4. The second kappa shape index (κ2) is 5.30. The van der Waals surface area contributed by atoms with Gasteiger partial charge in [0.05, 0.1) is 4.88 Å². The van der Waals surface area contributed by atoms with Gasteiger partial charge in [-0.05, 0) is 59.4 Å². The molecule has 0 bridgehead atoms. The molecule has 3 rings (SSSR count). The fourth-order valence-corrected chi connectivity index (χ4v) is 3.80. The third-order valence-electron chi connectivity index (χ3n) is 3.91. The second-order valence-electron chi connectivity index (χ2n) is 5.19. The van der Waals surface area contributed by atoms with Gasteiger partial charge in [-0.3, -0.25) is 4.79 Å². The van der Waals surface area contributed by atoms with Crippen molar-refractivity contribution in [3.8, 4) is 0 Å². The van der Waals surface area contributed by atoms with E-state index in [2.05, 4.69) is 31.2 Å². The fraction of sp³-hybridized carbons (Fsp3) is 0.353. The zero-order valence-corrected chi connectivity index (χ0v) is 12.1. The highest BCUT2D eigenvalue weighted by atomic mass is 32.1. The van der Waals surface area contributed by atoms with Crippen LogP contribution in [0.3, 0.4) is 0 Å². The third-order valence-corrected chi connectivity index (χ3v) is 4.91. The number of fused-ring (bicyclic) bond motifs is 1. The van der Waals surface area contributed by atoms with E-state index in [9.17, 15) is 4.79 Å². The standard InChI is InChI=1S/C17H18OS/c1-2-13-8-9-19-17(13)16(18)11-12-6-7-14-4-3-5-15(14)10-12/h6-10H,2-5,11H2,1H3. The molecule has 2 heteroatoms. The summed E-state index contributed by atoms with van der Waals surface area (Å²) < 4.78 is 0. The molecule has 0 saturated heterocycles. The van der Waals surface area contributed by atoms with E-state index in [4.69, 9.17) is 0 Å². The van der Waals surface area contributed by atoms with Crippen LogP contribution in [0.1, 0.15) is 45.3 Å². The molecule has 1 aliphatic rings. The zero-order valence-electron chi connectivity index (χ0n) is 11.2. The number of Topliss-reactive ketones (excluding diaryl/α,β-unsaturated/α-hetero) is 1. The van der Waals surface area contributed by atoms with Gasteiger partial charge in [0.2, 0.25) is 0 Å². The topological polar surface area (TPSA) is 17.1 Å². The van der Waals surface area contributed by atoms with E-state index in [-0.39, 0.29) is 5.78 Å².